The molecule has 3 aliphatic carbocycles. The van der Waals surface area contributed by atoms with Crippen LogP contribution in [-0.2, 0) is 11.2 Å². The third-order valence-electron chi connectivity index (χ3n) is 5.98. The topological polar surface area (TPSA) is 62.7 Å². The number of nitrogens with one attached hydrogen (secondary N) is 2. The van der Waals surface area contributed by atoms with Gasteiger partial charge in [-0.1, -0.05) is 0 Å². The van der Waals surface area contributed by atoms with Crippen LogP contribution in [0.1, 0.15) is 45.0 Å². The summed E-state index contributed by atoms with van der Waals surface area (Å²) in [6.07, 6.45) is 4.84. The second kappa shape index (κ2) is 5.18. The summed E-state index contributed by atoms with van der Waals surface area (Å²) in [5.41, 5.74) is 0. The first-order valence-electron chi connectivity index (χ1n) is 8.51. The van der Waals surface area contributed by atoms with Crippen molar-refractivity contribution in [1.82, 2.24) is 20.1 Å². The Morgan fingerprint density at radius 2 is 2.09 bits per heavy atom. The quantitative estimate of drug-likeness (QED) is 0.819. The minimum absolute atomic E-state index is 0.275. The molecule has 0 aliphatic heterocycles. The molecule has 0 aromatic carbocycles. The van der Waals surface area contributed by atoms with E-state index in [1.165, 1.54) is 19.3 Å². The van der Waals surface area contributed by atoms with Crippen LogP contribution < -0.4 is 5.32 Å². The van der Waals surface area contributed by atoms with Gasteiger partial charge < -0.3 is 9.88 Å². The van der Waals surface area contributed by atoms with Gasteiger partial charge in [0, 0.05) is 24.9 Å². The summed E-state index contributed by atoms with van der Waals surface area (Å²) >= 11 is 5.25. The van der Waals surface area contributed by atoms with E-state index in [0.29, 0.717) is 29.1 Å². The summed E-state index contributed by atoms with van der Waals surface area (Å²) in [4.78, 5) is 12.4. The van der Waals surface area contributed by atoms with Crippen molar-refractivity contribution in [3.8, 4) is 0 Å². The molecule has 5 nitrogen and oxygen atoms in total. The highest BCUT2D eigenvalue weighted by molar-refractivity contribution is 7.71. The molecule has 3 fully saturated rings. The average molecular weight is 320 g/mol. The van der Waals surface area contributed by atoms with Crippen LogP contribution in [0.15, 0.2) is 0 Å². The van der Waals surface area contributed by atoms with E-state index in [4.69, 9.17) is 12.2 Å². The van der Waals surface area contributed by atoms with Gasteiger partial charge in [-0.05, 0) is 69.0 Å². The van der Waals surface area contributed by atoms with E-state index in [1.807, 2.05) is 4.57 Å². The Morgan fingerprint density at radius 3 is 2.73 bits per heavy atom. The Morgan fingerprint density at radius 1 is 1.41 bits per heavy atom. The Labute approximate surface area is 135 Å². The number of nitrogens with zero attached hydrogens (tertiary/aromatic N) is 2. The lowest BCUT2D eigenvalue weighted by Crippen LogP contribution is -2.30. The molecule has 3 saturated carbocycles. The molecule has 6 heteroatoms. The number of carbonyl (C=O) groups is 1. The highest BCUT2D eigenvalue weighted by Crippen LogP contribution is 2.69. The third kappa shape index (κ3) is 2.14. The van der Waals surface area contributed by atoms with Gasteiger partial charge in [0.1, 0.15) is 5.82 Å². The number of fused-ring (bicyclic) bond motifs is 5. The lowest BCUT2D eigenvalue weighted by Gasteiger charge is -2.12. The molecule has 2 bridgehead atoms. The summed E-state index contributed by atoms with van der Waals surface area (Å²) in [6.45, 7) is 4.83. The number of hydrogen-bond donors (Lipinski definition) is 2. The molecule has 2 N–H and O–H groups in total. The van der Waals surface area contributed by atoms with E-state index in [0.717, 1.165) is 24.1 Å². The smallest absolute Gasteiger partial charge is 0.223 e. The summed E-state index contributed by atoms with van der Waals surface area (Å²) in [5, 5.41) is 10.3. The maximum atomic E-state index is 12.4. The van der Waals surface area contributed by atoms with E-state index in [9.17, 15) is 4.79 Å². The number of H-pyrrole nitrogens is 1. The molecule has 120 valence electrons. The number of rotatable bonds is 5. The largest absolute Gasteiger partial charge is 0.355 e. The first-order chi connectivity index (χ1) is 10.6. The molecule has 4 rings (SSSR count). The molecule has 3 aliphatic rings. The molecule has 1 aromatic heterocycles. The molecule has 0 spiro atoms. The molecule has 1 aromatic rings. The summed E-state index contributed by atoms with van der Waals surface area (Å²) in [7, 11) is 0. The van der Waals surface area contributed by atoms with Crippen molar-refractivity contribution >= 4 is 18.1 Å². The fourth-order valence-corrected chi connectivity index (χ4v) is 5.50. The first kappa shape index (κ1) is 14.4. The van der Waals surface area contributed by atoms with Crippen molar-refractivity contribution in [3.05, 3.63) is 10.6 Å². The second-order valence-electron chi connectivity index (χ2n) is 7.46. The van der Waals surface area contributed by atoms with E-state index < -0.39 is 0 Å². The number of carbonyl (C=O) groups excluding carboxylic acids is 1. The minimum Gasteiger partial charge on any atom is -0.355 e. The summed E-state index contributed by atoms with van der Waals surface area (Å²) < 4.78 is 2.68. The molecule has 4 atom stereocenters. The standard InChI is InChI=1S/C16H24N4OS/c1-8(2)20-11(18-19-16(20)22)5-6-17-15(21)14-12-9-3-4-10(7-9)13(12)14/h8-10,12-14H,3-7H2,1-2H3,(H,17,21)(H,19,22). The Hall–Kier alpha value is -1.17. The van der Waals surface area contributed by atoms with Gasteiger partial charge in [0.25, 0.3) is 0 Å². The SMILES string of the molecule is CC(C)n1c(CCNC(=O)C2C3C4CCC(C4)C23)n[nH]c1=S. The number of aromatic nitrogens is 3. The normalized spacial score (nSPS) is 35.0. The van der Waals surface area contributed by atoms with Crippen molar-refractivity contribution in [2.45, 2.75) is 45.6 Å². The predicted molar refractivity (Wildman–Crippen MR) is 85.8 cm³/mol. The van der Waals surface area contributed by atoms with E-state index in [1.54, 1.807) is 0 Å². The third-order valence-corrected chi connectivity index (χ3v) is 6.27. The van der Waals surface area contributed by atoms with Crippen LogP contribution in [0.4, 0.5) is 0 Å². The molecular formula is C16H24N4OS. The fourth-order valence-electron chi connectivity index (χ4n) is 5.14. The highest BCUT2D eigenvalue weighted by Gasteiger charge is 2.67. The molecule has 4 unspecified atom stereocenters. The lowest BCUT2D eigenvalue weighted by atomic mass is 10.0. The van der Waals surface area contributed by atoms with E-state index >= 15 is 0 Å². The maximum absolute atomic E-state index is 12.4. The van der Waals surface area contributed by atoms with Gasteiger partial charge >= 0.3 is 0 Å². The zero-order valence-corrected chi connectivity index (χ0v) is 14.0. The lowest BCUT2D eigenvalue weighted by molar-refractivity contribution is -0.123. The second-order valence-corrected chi connectivity index (χ2v) is 7.85. The molecule has 22 heavy (non-hydrogen) atoms. The van der Waals surface area contributed by atoms with Crippen LogP contribution >= 0.6 is 12.2 Å². The van der Waals surface area contributed by atoms with Crippen LogP contribution in [0.2, 0.25) is 0 Å². The van der Waals surface area contributed by atoms with Crippen molar-refractivity contribution in [2.24, 2.45) is 29.6 Å². The average Bonchev–Trinajstić information content (AvgIpc) is 2.78. The molecule has 1 heterocycles. The van der Waals surface area contributed by atoms with Crippen molar-refractivity contribution in [3.63, 3.8) is 0 Å². The van der Waals surface area contributed by atoms with Crippen molar-refractivity contribution < 1.29 is 4.79 Å². The number of amides is 1. The van der Waals surface area contributed by atoms with Gasteiger partial charge in [0.2, 0.25) is 5.91 Å². The number of aromatic amines is 1. The molecule has 1 amide bonds. The van der Waals surface area contributed by atoms with E-state index in [-0.39, 0.29) is 11.9 Å². The van der Waals surface area contributed by atoms with Crippen LogP contribution in [-0.4, -0.2) is 27.2 Å². The molecular weight excluding hydrogens is 296 g/mol. The van der Waals surface area contributed by atoms with Gasteiger partial charge in [-0.2, -0.15) is 5.10 Å². The monoisotopic (exact) mass is 320 g/mol. The summed E-state index contributed by atoms with van der Waals surface area (Å²) in [6, 6.07) is 0.287. The van der Waals surface area contributed by atoms with Gasteiger partial charge in [-0.3, -0.25) is 9.89 Å². The molecule has 0 radical (unpaired) electrons. The minimum atomic E-state index is 0.275. The van der Waals surface area contributed by atoms with Crippen LogP contribution in [0.3, 0.4) is 0 Å². The van der Waals surface area contributed by atoms with Crippen LogP contribution in [0.5, 0.6) is 0 Å². The highest BCUT2D eigenvalue weighted by atomic mass is 32.1. The maximum Gasteiger partial charge on any atom is 0.223 e. The Bertz CT molecular complexity index is 633. The predicted octanol–water partition coefficient (Wildman–Crippen LogP) is 2.47. The zero-order chi connectivity index (χ0) is 15.4. The number of hydrogen-bond acceptors (Lipinski definition) is 3. The fraction of sp³-hybridized carbons (Fsp3) is 0.812. The van der Waals surface area contributed by atoms with Gasteiger partial charge in [-0.15, -0.1) is 0 Å². The first-order valence-corrected chi connectivity index (χ1v) is 8.92. The Balaban J connectivity index is 1.31. The summed E-state index contributed by atoms with van der Waals surface area (Å²) in [5.74, 6) is 4.64. The van der Waals surface area contributed by atoms with Gasteiger partial charge in [0.05, 0.1) is 0 Å². The molecule has 0 saturated heterocycles. The van der Waals surface area contributed by atoms with Gasteiger partial charge in [-0.25, -0.2) is 0 Å². The van der Waals surface area contributed by atoms with Crippen LogP contribution in [0.25, 0.3) is 0 Å². The van der Waals surface area contributed by atoms with Crippen molar-refractivity contribution in [2.75, 3.05) is 6.54 Å². The van der Waals surface area contributed by atoms with E-state index in [2.05, 4.69) is 29.4 Å². The van der Waals surface area contributed by atoms with Gasteiger partial charge in [0.15, 0.2) is 4.77 Å². The van der Waals surface area contributed by atoms with Crippen LogP contribution in [0, 0.1) is 34.4 Å². The van der Waals surface area contributed by atoms with Crippen molar-refractivity contribution in [1.29, 1.82) is 0 Å². The Kier molecular flexibility index (Phi) is 3.40. The zero-order valence-electron chi connectivity index (χ0n) is 13.2.